The Kier molecular flexibility index (Phi) is 6.34. The number of carbonyl (C=O) groups excluding carboxylic acids is 1. The van der Waals surface area contributed by atoms with E-state index >= 15 is 0 Å². The van der Waals surface area contributed by atoms with Gasteiger partial charge in [0.1, 0.15) is 0 Å². The molecule has 3 nitrogen and oxygen atoms in total. The van der Waals surface area contributed by atoms with Crippen molar-refractivity contribution in [3.63, 3.8) is 0 Å². The van der Waals surface area contributed by atoms with E-state index in [0.29, 0.717) is 23.2 Å². The minimum absolute atomic E-state index is 0.0132. The van der Waals surface area contributed by atoms with Gasteiger partial charge in [-0.1, -0.05) is 49.4 Å². The number of benzene rings is 1. The lowest BCUT2D eigenvalue weighted by molar-refractivity contribution is -0.116. The van der Waals surface area contributed by atoms with Gasteiger partial charge in [0, 0.05) is 19.0 Å². The molecule has 2 N–H and O–H groups in total. The topological polar surface area (TPSA) is 41.1 Å². The Labute approximate surface area is 126 Å². The summed E-state index contributed by atoms with van der Waals surface area (Å²) in [6, 6.07) is 7.90. The number of anilines is 1. The zero-order valence-corrected chi connectivity index (χ0v) is 12.6. The molecule has 0 spiro atoms. The summed E-state index contributed by atoms with van der Waals surface area (Å²) in [5.74, 6) is 0.0132. The zero-order valence-electron chi connectivity index (χ0n) is 11.8. The summed E-state index contributed by atoms with van der Waals surface area (Å²) in [4.78, 5) is 11.9. The average molecular weight is 295 g/mol. The van der Waals surface area contributed by atoms with Crippen molar-refractivity contribution in [2.45, 2.75) is 51.0 Å². The van der Waals surface area contributed by atoms with Crippen LogP contribution >= 0.6 is 11.6 Å². The van der Waals surface area contributed by atoms with E-state index in [2.05, 4.69) is 10.6 Å². The van der Waals surface area contributed by atoms with Crippen LogP contribution in [0.1, 0.15) is 44.9 Å². The van der Waals surface area contributed by atoms with Gasteiger partial charge in [-0.2, -0.15) is 0 Å². The van der Waals surface area contributed by atoms with Gasteiger partial charge in [-0.15, -0.1) is 0 Å². The second kappa shape index (κ2) is 8.28. The Bertz CT molecular complexity index is 428. The molecule has 1 amide bonds. The fourth-order valence-corrected chi connectivity index (χ4v) is 2.83. The van der Waals surface area contributed by atoms with Crippen molar-refractivity contribution < 1.29 is 4.79 Å². The molecule has 0 aliphatic heterocycles. The molecular formula is C16H23ClN2O. The quantitative estimate of drug-likeness (QED) is 0.807. The standard InChI is InChI=1S/C16H23ClN2O/c17-14-9-5-6-10-15(14)19-16(20)11-12-18-13-7-3-1-2-4-8-13/h5-6,9-10,13,18H,1-4,7-8,11-12H2,(H,19,20). The molecule has 0 saturated heterocycles. The molecule has 0 aromatic heterocycles. The van der Waals surface area contributed by atoms with Crippen molar-refractivity contribution in [2.75, 3.05) is 11.9 Å². The van der Waals surface area contributed by atoms with Gasteiger partial charge in [-0.3, -0.25) is 4.79 Å². The fourth-order valence-electron chi connectivity index (χ4n) is 2.65. The molecule has 0 unspecified atom stereocenters. The van der Waals surface area contributed by atoms with Crippen molar-refractivity contribution in [3.8, 4) is 0 Å². The molecule has 1 fully saturated rings. The van der Waals surface area contributed by atoms with E-state index in [-0.39, 0.29) is 5.91 Å². The lowest BCUT2D eigenvalue weighted by Crippen LogP contribution is -2.31. The van der Waals surface area contributed by atoms with Gasteiger partial charge in [0.2, 0.25) is 5.91 Å². The van der Waals surface area contributed by atoms with Gasteiger partial charge in [0.15, 0.2) is 0 Å². The number of amides is 1. The van der Waals surface area contributed by atoms with E-state index in [9.17, 15) is 4.79 Å². The van der Waals surface area contributed by atoms with Gasteiger partial charge in [-0.05, 0) is 25.0 Å². The molecule has 0 atom stereocenters. The Morgan fingerprint density at radius 2 is 1.85 bits per heavy atom. The predicted molar refractivity (Wildman–Crippen MR) is 84.2 cm³/mol. The first-order chi connectivity index (χ1) is 9.75. The maximum atomic E-state index is 11.9. The van der Waals surface area contributed by atoms with Crippen LogP contribution in [0.15, 0.2) is 24.3 Å². The van der Waals surface area contributed by atoms with E-state index in [0.717, 1.165) is 6.54 Å². The monoisotopic (exact) mass is 294 g/mol. The van der Waals surface area contributed by atoms with Crippen molar-refractivity contribution in [1.29, 1.82) is 0 Å². The van der Waals surface area contributed by atoms with E-state index in [1.54, 1.807) is 6.07 Å². The van der Waals surface area contributed by atoms with Crippen LogP contribution in [0.3, 0.4) is 0 Å². The smallest absolute Gasteiger partial charge is 0.225 e. The number of hydrogen-bond acceptors (Lipinski definition) is 2. The molecule has 1 aliphatic rings. The van der Waals surface area contributed by atoms with E-state index in [1.807, 2.05) is 18.2 Å². The van der Waals surface area contributed by atoms with Crippen LogP contribution in [0.5, 0.6) is 0 Å². The minimum Gasteiger partial charge on any atom is -0.325 e. The molecule has 2 rings (SSSR count). The molecule has 110 valence electrons. The summed E-state index contributed by atoms with van der Waals surface area (Å²) in [6.45, 7) is 0.737. The summed E-state index contributed by atoms with van der Waals surface area (Å²) in [5.41, 5.74) is 0.689. The van der Waals surface area contributed by atoms with Gasteiger partial charge in [-0.25, -0.2) is 0 Å². The summed E-state index contributed by atoms with van der Waals surface area (Å²) in [6.07, 6.45) is 8.29. The molecule has 4 heteroatoms. The Hall–Kier alpha value is -1.06. The highest BCUT2D eigenvalue weighted by atomic mass is 35.5. The summed E-state index contributed by atoms with van der Waals surface area (Å²) >= 11 is 6.01. The number of carbonyl (C=O) groups is 1. The fraction of sp³-hybridized carbons (Fsp3) is 0.562. The highest BCUT2D eigenvalue weighted by molar-refractivity contribution is 6.33. The van der Waals surface area contributed by atoms with Crippen molar-refractivity contribution in [2.24, 2.45) is 0 Å². The van der Waals surface area contributed by atoms with Crippen LogP contribution < -0.4 is 10.6 Å². The summed E-state index contributed by atoms with van der Waals surface area (Å²) in [7, 11) is 0. The Morgan fingerprint density at radius 3 is 2.55 bits per heavy atom. The lowest BCUT2D eigenvalue weighted by Gasteiger charge is -2.16. The SMILES string of the molecule is O=C(CCNC1CCCCCC1)Nc1ccccc1Cl. The van der Waals surface area contributed by atoms with Crippen LogP contribution in [0.2, 0.25) is 5.02 Å². The maximum absolute atomic E-state index is 11.9. The number of para-hydroxylation sites is 1. The summed E-state index contributed by atoms with van der Waals surface area (Å²) in [5, 5.41) is 6.93. The molecule has 0 radical (unpaired) electrons. The number of nitrogens with one attached hydrogen (secondary N) is 2. The van der Waals surface area contributed by atoms with E-state index in [1.165, 1.54) is 38.5 Å². The first-order valence-corrected chi connectivity index (χ1v) is 7.91. The Morgan fingerprint density at radius 1 is 1.15 bits per heavy atom. The predicted octanol–water partition coefficient (Wildman–Crippen LogP) is 3.98. The van der Waals surface area contributed by atoms with Crippen molar-refractivity contribution >= 4 is 23.2 Å². The second-order valence-corrected chi connectivity index (χ2v) is 5.83. The maximum Gasteiger partial charge on any atom is 0.225 e. The van der Waals surface area contributed by atoms with Crippen LogP contribution in [0, 0.1) is 0 Å². The number of hydrogen-bond donors (Lipinski definition) is 2. The van der Waals surface area contributed by atoms with Gasteiger partial charge in [0.25, 0.3) is 0 Å². The molecule has 1 aliphatic carbocycles. The highest BCUT2D eigenvalue weighted by Gasteiger charge is 2.12. The van der Waals surface area contributed by atoms with Crippen LogP contribution in [-0.2, 0) is 4.79 Å². The minimum atomic E-state index is 0.0132. The molecule has 1 aromatic carbocycles. The lowest BCUT2D eigenvalue weighted by atomic mass is 10.1. The number of halogens is 1. The zero-order chi connectivity index (χ0) is 14.2. The highest BCUT2D eigenvalue weighted by Crippen LogP contribution is 2.20. The van der Waals surface area contributed by atoms with E-state index < -0.39 is 0 Å². The number of rotatable bonds is 5. The normalized spacial score (nSPS) is 16.6. The molecule has 0 heterocycles. The molecule has 0 bridgehead atoms. The van der Waals surface area contributed by atoms with Crippen molar-refractivity contribution in [3.05, 3.63) is 29.3 Å². The van der Waals surface area contributed by atoms with Gasteiger partial charge in [0.05, 0.1) is 10.7 Å². The molecule has 1 aromatic rings. The largest absolute Gasteiger partial charge is 0.325 e. The third-order valence-corrected chi connectivity index (χ3v) is 4.12. The van der Waals surface area contributed by atoms with Gasteiger partial charge < -0.3 is 10.6 Å². The second-order valence-electron chi connectivity index (χ2n) is 5.42. The van der Waals surface area contributed by atoms with Gasteiger partial charge >= 0.3 is 0 Å². The van der Waals surface area contributed by atoms with E-state index in [4.69, 9.17) is 11.6 Å². The van der Waals surface area contributed by atoms with Crippen molar-refractivity contribution in [1.82, 2.24) is 5.32 Å². The third kappa shape index (κ3) is 5.14. The van der Waals surface area contributed by atoms with Crippen LogP contribution in [0.25, 0.3) is 0 Å². The van der Waals surface area contributed by atoms with Crippen LogP contribution in [0.4, 0.5) is 5.69 Å². The first-order valence-electron chi connectivity index (χ1n) is 7.53. The first kappa shape index (κ1) is 15.3. The third-order valence-electron chi connectivity index (χ3n) is 3.79. The molecule has 1 saturated carbocycles. The van der Waals surface area contributed by atoms with Crippen LogP contribution in [-0.4, -0.2) is 18.5 Å². The average Bonchev–Trinajstić information content (AvgIpc) is 2.70. The Balaban J connectivity index is 1.68. The molecule has 20 heavy (non-hydrogen) atoms. The molecular weight excluding hydrogens is 272 g/mol. The summed E-state index contributed by atoms with van der Waals surface area (Å²) < 4.78 is 0.